The smallest absolute Gasteiger partial charge is 0.270 e. The van der Waals surface area contributed by atoms with Crippen LogP contribution in [0.3, 0.4) is 0 Å². The largest absolute Gasteiger partial charge is 0.339 e. The third kappa shape index (κ3) is 4.90. The Labute approximate surface area is 201 Å². The van der Waals surface area contributed by atoms with Crippen molar-refractivity contribution >= 4 is 35.0 Å². The number of imide groups is 1. The predicted octanol–water partition coefficient (Wildman–Crippen LogP) is 1.59. The van der Waals surface area contributed by atoms with Crippen molar-refractivity contribution < 1.29 is 24.1 Å². The molecule has 0 aliphatic carbocycles. The Balaban J connectivity index is 1.30. The number of fused-ring (bicyclic) bond motifs is 1. The fourth-order valence-electron chi connectivity index (χ4n) is 4.32. The van der Waals surface area contributed by atoms with Gasteiger partial charge in [-0.15, -0.1) is 0 Å². The number of benzene rings is 2. The molecule has 0 spiro atoms. The molecule has 2 aliphatic rings. The van der Waals surface area contributed by atoms with Gasteiger partial charge in [0.2, 0.25) is 11.8 Å². The zero-order valence-electron chi connectivity index (χ0n) is 19.4. The summed E-state index contributed by atoms with van der Waals surface area (Å²) in [5.41, 5.74) is 2.45. The number of carbonyl (C=O) groups is 4. The molecule has 2 heterocycles. The van der Waals surface area contributed by atoms with Crippen LogP contribution in [0.15, 0.2) is 36.4 Å². The zero-order valence-corrected chi connectivity index (χ0v) is 19.4. The van der Waals surface area contributed by atoms with E-state index in [0.717, 1.165) is 33.8 Å². The van der Waals surface area contributed by atoms with Gasteiger partial charge in [-0.1, -0.05) is 18.2 Å². The molecule has 0 unspecified atom stereocenters. The summed E-state index contributed by atoms with van der Waals surface area (Å²) in [5, 5.41) is 13.9. The highest BCUT2D eigenvalue weighted by atomic mass is 16.6. The number of non-ortho nitro benzene ring substituents is 1. The lowest BCUT2D eigenvalue weighted by Gasteiger charge is -2.35. The molecule has 0 radical (unpaired) electrons. The molecule has 0 bridgehead atoms. The number of hydrogen-bond acceptors (Lipinski definition) is 7. The van der Waals surface area contributed by atoms with Crippen molar-refractivity contribution in [1.29, 1.82) is 0 Å². The van der Waals surface area contributed by atoms with Gasteiger partial charge in [-0.3, -0.25) is 39.1 Å². The number of hydrogen-bond donors (Lipinski definition) is 1. The molecular formula is C24H25N5O6. The number of anilines is 1. The van der Waals surface area contributed by atoms with Crippen LogP contribution in [-0.2, 0) is 9.59 Å². The third-order valence-corrected chi connectivity index (χ3v) is 6.30. The highest BCUT2D eigenvalue weighted by molar-refractivity contribution is 6.22. The van der Waals surface area contributed by atoms with Crippen molar-refractivity contribution in [2.45, 2.75) is 13.8 Å². The van der Waals surface area contributed by atoms with E-state index in [0.29, 0.717) is 26.2 Å². The first kappa shape index (κ1) is 24.0. The van der Waals surface area contributed by atoms with Crippen LogP contribution in [0.1, 0.15) is 31.8 Å². The van der Waals surface area contributed by atoms with E-state index in [1.54, 1.807) is 4.90 Å². The number of nitrogens with one attached hydrogen (secondary N) is 1. The summed E-state index contributed by atoms with van der Waals surface area (Å²) < 4.78 is 0. The van der Waals surface area contributed by atoms with Crippen LogP contribution < -0.4 is 5.32 Å². The van der Waals surface area contributed by atoms with Gasteiger partial charge in [0.15, 0.2) is 0 Å². The Kier molecular flexibility index (Phi) is 6.61. The maximum Gasteiger partial charge on any atom is 0.270 e. The molecule has 0 aromatic heterocycles. The summed E-state index contributed by atoms with van der Waals surface area (Å²) in [6.45, 7) is 5.26. The highest BCUT2D eigenvalue weighted by Gasteiger charge is 2.38. The fourth-order valence-corrected chi connectivity index (χ4v) is 4.32. The van der Waals surface area contributed by atoms with Gasteiger partial charge in [-0.05, 0) is 31.0 Å². The predicted molar refractivity (Wildman–Crippen MR) is 126 cm³/mol. The van der Waals surface area contributed by atoms with Gasteiger partial charge < -0.3 is 10.2 Å². The van der Waals surface area contributed by atoms with Crippen LogP contribution in [-0.4, -0.2) is 82.5 Å². The SMILES string of the molecule is Cc1cccc(C)c1NC(=O)CN1CCN(C(=O)CN2C(=O)c3ccc([N+](=O)[O-])cc3C2=O)CC1. The molecule has 2 aliphatic heterocycles. The molecule has 11 heteroatoms. The van der Waals surface area contributed by atoms with E-state index in [1.165, 1.54) is 6.07 Å². The van der Waals surface area contributed by atoms with Gasteiger partial charge in [-0.25, -0.2) is 0 Å². The van der Waals surface area contributed by atoms with Crippen LogP contribution in [0.4, 0.5) is 11.4 Å². The average Bonchev–Trinajstić information content (AvgIpc) is 3.06. The summed E-state index contributed by atoms with van der Waals surface area (Å²) in [6.07, 6.45) is 0. The minimum absolute atomic E-state index is 0.0492. The van der Waals surface area contributed by atoms with Crippen LogP contribution >= 0.6 is 0 Å². The number of aryl methyl sites for hydroxylation is 2. The molecule has 4 rings (SSSR count). The molecule has 2 aromatic rings. The highest BCUT2D eigenvalue weighted by Crippen LogP contribution is 2.27. The normalized spacial score (nSPS) is 15.8. The number of nitro benzene ring substituents is 1. The molecule has 182 valence electrons. The lowest BCUT2D eigenvalue weighted by Crippen LogP contribution is -2.53. The Morgan fingerprint density at radius 1 is 0.943 bits per heavy atom. The van der Waals surface area contributed by atoms with Gasteiger partial charge in [-0.2, -0.15) is 0 Å². The lowest BCUT2D eigenvalue weighted by atomic mass is 10.1. The van der Waals surface area contributed by atoms with Crippen LogP contribution in [0.5, 0.6) is 0 Å². The molecule has 0 atom stereocenters. The summed E-state index contributed by atoms with van der Waals surface area (Å²) in [7, 11) is 0. The minimum atomic E-state index is -0.719. The first-order valence-electron chi connectivity index (χ1n) is 11.2. The fraction of sp³-hybridized carbons (Fsp3) is 0.333. The molecule has 4 amide bonds. The van der Waals surface area contributed by atoms with E-state index in [1.807, 2.05) is 36.9 Å². The van der Waals surface area contributed by atoms with Crippen LogP contribution in [0, 0.1) is 24.0 Å². The number of amides is 4. The van der Waals surface area contributed by atoms with Crippen molar-refractivity contribution in [3.63, 3.8) is 0 Å². The summed E-state index contributed by atoms with van der Waals surface area (Å²) in [4.78, 5) is 65.2. The molecule has 1 N–H and O–H groups in total. The van der Waals surface area contributed by atoms with Gasteiger partial charge in [0.1, 0.15) is 6.54 Å². The molecule has 2 aromatic carbocycles. The Hall–Kier alpha value is -4.12. The van der Waals surface area contributed by atoms with E-state index in [9.17, 15) is 29.3 Å². The molecule has 11 nitrogen and oxygen atoms in total. The number of nitrogens with zero attached hydrogens (tertiary/aromatic N) is 4. The van der Waals surface area contributed by atoms with E-state index in [4.69, 9.17) is 0 Å². The average molecular weight is 479 g/mol. The second-order valence-electron chi connectivity index (χ2n) is 8.66. The standard InChI is InChI=1S/C24H25N5O6/c1-15-4-3-5-16(2)22(15)25-20(30)13-26-8-10-27(11-9-26)21(31)14-28-23(32)18-7-6-17(29(34)35)12-19(18)24(28)33/h3-7,12H,8-11,13-14H2,1-2H3,(H,25,30). The number of carbonyl (C=O) groups excluding carboxylic acids is 4. The molecule has 1 fully saturated rings. The topological polar surface area (TPSA) is 133 Å². The second kappa shape index (κ2) is 9.63. The van der Waals surface area contributed by atoms with Crippen molar-refractivity contribution in [2.24, 2.45) is 0 Å². The van der Waals surface area contributed by atoms with Gasteiger partial charge in [0, 0.05) is 44.0 Å². The number of piperazine rings is 1. The van der Waals surface area contributed by atoms with Gasteiger partial charge in [0.05, 0.1) is 22.6 Å². The summed E-state index contributed by atoms with van der Waals surface area (Å²) >= 11 is 0. The first-order chi connectivity index (χ1) is 16.7. The van der Waals surface area contributed by atoms with Gasteiger partial charge >= 0.3 is 0 Å². The van der Waals surface area contributed by atoms with Gasteiger partial charge in [0.25, 0.3) is 17.5 Å². The number of rotatable bonds is 6. The summed E-state index contributed by atoms with van der Waals surface area (Å²) in [6, 6.07) is 9.25. The van der Waals surface area contributed by atoms with Crippen molar-refractivity contribution in [3.8, 4) is 0 Å². The first-order valence-corrected chi connectivity index (χ1v) is 11.2. The van der Waals surface area contributed by atoms with E-state index < -0.39 is 29.2 Å². The Bertz CT molecular complexity index is 1210. The van der Waals surface area contributed by atoms with E-state index >= 15 is 0 Å². The lowest BCUT2D eigenvalue weighted by molar-refractivity contribution is -0.384. The third-order valence-electron chi connectivity index (χ3n) is 6.30. The Morgan fingerprint density at radius 3 is 2.20 bits per heavy atom. The summed E-state index contributed by atoms with van der Waals surface area (Å²) in [5.74, 6) is -1.89. The maximum atomic E-state index is 12.8. The van der Waals surface area contributed by atoms with Crippen molar-refractivity contribution in [2.75, 3.05) is 44.6 Å². The number of nitro groups is 1. The quantitative estimate of drug-likeness (QED) is 0.378. The Morgan fingerprint density at radius 2 is 1.57 bits per heavy atom. The molecular weight excluding hydrogens is 454 g/mol. The number of para-hydroxylation sites is 1. The van der Waals surface area contributed by atoms with Crippen molar-refractivity contribution in [1.82, 2.24) is 14.7 Å². The second-order valence-corrected chi connectivity index (χ2v) is 8.66. The minimum Gasteiger partial charge on any atom is -0.339 e. The van der Waals surface area contributed by atoms with Crippen molar-refractivity contribution in [3.05, 3.63) is 68.8 Å². The maximum absolute atomic E-state index is 12.8. The zero-order chi connectivity index (χ0) is 25.3. The van der Waals surface area contributed by atoms with E-state index in [-0.39, 0.29) is 29.3 Å². The molecule has 0 saturated carbocycles. The molecule has 1 saturated heterocycles. The van der Waals surface area contributed by atoms with E-state index in [2.05, 4.69) is 5.32 Å². The molecule has 35 heavy (non-hydrogen) atoms. The van der Waals surface area contributed by atoms with Crippen LogP contribution in [0.2, 0.25) is 0 Å². The van der Waals surface area contributed by atoms with Crippen LogP contribution in [0.25, 0.3) is 0 Å². The monoisotopic (exact) mass is 479 g/mol.